The van der Waals surface area contributed by atoms with Crippen molar-refractivity contribution in [2.24, 2.45) is 0 Å². The average molecular weight is 591 g/mol. The molecule has 15 heteroatoms. The molecule has 0 spiro atoms. The lowest BCUT2D eigenvalue weighted by Gasteiger charge is -2.47. The fourth-order valence-electron chi connectivity index (χ4n) is 5.10. The van der Waals surface area contributed by atoms with E-state index >= 15 is 0 Å². The van der Waals surface area contributed by atoms with Gasteiger partial charge in [-0.25, -0.2) is 0 Å². The number of hydrogen-bond acceptors (Lipinski definition) is 15. The molecule has 0 radical (unpaired) electrons. The van der Waals surface area contributed by atoms with Gasteiger partial charge in [-0.3, -0.25) is 9.59 Å². The fraction of sp³-hybridized carbons (Fsp3) is 0.769. The second kappa shape index (κ2) is 13.3. The molecule has 4 rings (SSSR count). The molecule has 232 valence electrons. The van der Waals surface area contributed by atoms with Crippen LogP contribution in [0.15, 0.2) is 24.3 Å². The molecule has 0 amide bonds. The minimum Gasteiger partial charge on any atom is -0.394 e. The number of ketones is 2. The van der Waals surface area contributed by atoms with Crippen molar-refractivity contribution in [1.82, 2.24) is 0 Å². The molecule has 0 aromatic carbocycles. The molecule has 0 saturated carbocycles. The Morgan fingerprint density at radius 1 is 0.707 bits per heavy atom. The molecule has 8 N–H and O–H groups in total. The van der Waals surface area contributed by atoms with E-state index in [1.54, 1.807) is 0 Å². The Morgan fingerprint density at radius 2 is 1.17 bits per heavy atom. The predicted molar refractivity (Wildman–Crippen MR) is 133 cm³/mol. The van der Waals surface area contributed by atoms with Crippen molar-refractivity contribution in [3.63, 3.8) is 0 Å². The summed E-state index contributed by atoms with van der Waals surface area (Å²) in [5.41, 5.74) is -3.00. The van der Waals surface area contributed by atoms with Crippen molar-refractivity contribution in [3.8, 4) is 0 Å². The number of ether oxygens (including phenoxy) is 5. The highest BCUT2D eigenvalue weighted by atomic mass is 16.7. The minimum atomic E-state index is -1.80. The van der Waals surface area contributed by atoms with E-state index in [4.69, 9.17) is 23.7 Å². The first-order chi connectivity index (χ1) is 19.4. The van der Waals surface area contributed by atoms with E-state index in [0.29, 0.717) is 0 Å². The molecule has 2 saturated heterocycles. The summed E-state index contributed by atoms with van der Waals surface area (Å²) in [5, 5.41) is 83.8. The average Bonchev–Trinajstić information content (AvgIpc) is 2.96. The largest absolute Gasteiger partial charge is 0.394 e. The summed E-state index contributed by atoms with van der Waals surface area (Å²) in [6.07, 6.45) is -10.2. The van der Waals surface area contributed by atoms with Crippen molar-refractivity contribution in [3.05, 3.63) is 24.3 Å². The fourth-order valence-corrected chi connectivity index (χ4v) is 5.10. The standard InChI is InChI=1S/C26H38O15/c27-9-15-21(37-11-25(35)5-1-13(29)2-6-25)17(31)20(34)24(40-15)41-22-16(10-28)39-23(19(33)18(22)32)38-12-26(36)7-3-14(30)4-8-26/h1,3,5,7,15-24,27-28,31-36H,2,4,6,8-12H2/t15-,16-,17-,18-,19-,20-,21-,22-,23-,24+,25+,26+/m1/s1. The number of aliphatic hydroxyl groups excluding tert-OH is 6. The summed E-state index contributed by atoms with van der Waals surface area (Å²) in [7, 11) is 0. The molecule has 2 aliphatic carbocycles. The molecular weight excluding hydrogens is 552 g/mol. The van der Waals surface area contributed by atoms with Crippen molar-refractivity contribution < 1.29 is 74.1 Å². The van der Waals surface area contributed by atoms with Crippen LogP contribution in [0.4, 0.5) is 0 Å². The van der Waals surface area contributed by atoms with Gasteiger partial charge in [0.2, 0.25) is 0 Å². The maximum atomic E-state index is 11.4. The van der Waals surface area contributed by atoms with Gasteiger partial charge in [0.1, 0.15) is 60.0 Å². The molecule has 2 heterocycles. The highest BCUT2D eigenvalue weighted by Gasteiger charge is 2.52. The van der Waals surface area contributed by atoms with Crippen molar-refractivity contribution in [2.45, 2.75) is 98.3 Å². The zero-order valence-corrected chi connectivity index (χ0v) is 22.2. The van der Waals surface area contributed by atoms with E-state index in [0.717, 1.165) is 0 Å². The number of carbonyl (C=O) groups is 2. The highest BCUT2D eigenvalue weighted by Crippen LogP contribution is 2.32. The van der Waals surface area contributed by atoms with Gasteiger partial charge in [-0.2, -0.15) is 0 Å². The molecule has 0 unspecified atom stereocenters. The Balaban J connectivity index is 1.37. The second-order valence-corrected chi connectivity index (χ2v) is 10.9. The van der Waals surface area contributed by atoms with Crippen molar-refractivity contribution in [1.29, 1.82) is 0 Å². The predicted octanol–water partition coefficient (Wildman–Crippen LogP) is -4.05. The number of aliphatic hydroxyl groups is 8. The minimum absolute atomic E-state index is 0.0779. The Bertz CT molecular complexity index is 984. The van der Waals surface area contributed by atoms with Gasteiger partial charge in [-0.05, 0) is 37.1 Å². The van der Waals surface area contributed by atoms with Crippen LogP contribution < -0.4 is 0 Å². The van der Waals surface area contributed by atoms with Gasteiger partial charge in [-0.1, -0.05) is 0 Å². The van der Waals surface area contributed by atoms with E-state index in [1.807, 2.05) is 0 Å². The third-order valence-electron chi connectivity index (χ3n) is 7.72. The lowest BCUT2D eigenvalue weighted by Crippen LogP contribution is -2.65. The zero-order chi connectivity index (χ0) is 29.9. The Labute approximate surface area is 235 Å². The van der Waals surface area contributed by atoms with E-state index in [-0.39, 0.29) is 50.5 Å². The highest BCUT2D eigenvalue weighted by molar-refractivity contribution is 5.91. The first kappa shape index (κ1) is 32.2. The number of carbonyl (C=O) groups excluding carboxylic acids is 2. The van der Waals surface area contributed by atoms with E-state index in [1.165, 1.54) is 24.3 Å². The summed E-state index contributed by atoms with van der Waals surface area (Å²) in [6.45, 7) is -2.18. The first-order valence-corrected chi connectivity index (χ1v) is 13.4. The van der Waals surface area contributed by atoms with Crippen LogP contribution in [0.25, 0.3) is 0 Å². The summed E-state index contributed by atoms with van der Waals surface area (Å²) >= 11 is 0. The van der Waals surface area contributed by atoms with Gasteiger partial charge < -0.3 is 64.5 Å². The monoisotopic (exact) mass is 590 g/mol. The molecule has 15 nitrogen and oxygen atoms in total. The molecule has 41 heavy (non-hydrogen) atoms. The first-order valence-electron chi connectivity index (χ1n) is 13.4. The molecule has 0 bridgehead atoms. The number of allylic oxidation sites excluding steroid dienone is 2. The van der Waals surface area contributed by atoms with Crippen LogP contribution in [0.3, 0.4) is 0 Å². The molecular formula is C26H38O15. The Kier molecular flexibility index (Phi) is 10.5. The van der Waals surface area contributed by atoms with Gasteiger partial charge in [0.25, 0.3) is 0 Å². The lowest BCUT2D eigenvalue weighted by atomic mass is 9.91. The van der Waals surface area contributed by atoms with Crippen LogP contribution in [0.5, 0.6) is 0 Å². The van der Waals surface area contributed by atoms with Crippen LogP contribution in [-0.2, 0) is 33.3 Å². The van der Waals surface area contributed by atoms with Crippen LogP contribution in [-0.4, -0.2) is 151 Å². The molecule has 2 fully saturated rings. The van der Waals surface area contributed by atoms with Gasteiger partial charge >= 0.3 is 0 Å². The smallest absolute Gasteiger partial charge is 0.187 e. The van der Waals surface area contributed by atoms with Crippen LogP contribution in [0.1, 0.15) is 25.7 Å². The number of hydrogen-bond donors (Lipinski definition) is 8. The molecule has 2 aliphatic heterocycles. The van der Waals surface area contributed by atoms with E-state index in [2.05, 4.69) is 0 Å². The molecule has 0 aromatic heterocycles. The molecule has 0 aromatic rings. The SMILES string of the molecule is O=C1C=C[C@@](O)(CO[C@@H]2O[C@H](CO)[C@@H](O[C@@H]3O[C@H](CO)[C@@H](OC[C@]4(O)C=CC(=O)CC4)[C@H](O)[C@H]3O)[C@H](O)[C@H]2O)CC1. The summed E-state index contributed by atoms with van der Waals surface area (Å²) in [4.78, 5) is 22.8. The topological polar surface area (TPSA) is 242 Å². The van der Waals surface area contributed by atoms with E-state index < -0.39 is 85.8 Å². The quantitative estimate of drug-likeness (QED) is 0.121. The van der Waals surface area contributed by atoms with E-state index in [9.17, 15) is 50.4 Å². The van der Waals surface area contributed by atoms with Gasteiger partial charge in [0.05, 0.1) is 26.4 Å². The molecule has 4 aliphatic rings. The van der Waals surface area contributed by atoms with Crippen molar-refractivity contribution in [2.75, 3.05) is 26.4 Å². The zero-order valence-electron chi connectivity index (χ0n) is 22.2. The number of rotatable bonds is 10. The van der Waals surface area contributed by atoms with Crippen molar-refractivity contribution >= 4 is 11.6 Å². The summed E-state index contributed by atoms with van der Waals surface area (Å²) in [5.74, 6) is -0.317. The lowest BCUT2D eigenvalue weighted by molar-refractivity contribution is -0.363. The summed E-state index contributed by atoms with van der Waals surface area (Å²) in [6, 6.07) is 0. The molecule has 12 atom stereocenters. The van der Waals surface area contributed by atoms with Gasteiger partial charge in [0.15, 0.2) is 24.1 Å². The Hall–Kier alpha value is -1.70. The van der Waals surface area contributed by atoms with Gasteiger partial charge in [-0.15, -0.1) is 0 Å². The van der Waals surface area contributed by atoms with Crippen LogP contribution >= 0.6 is 0 Å². The second-order valence-electron chi connectivity index (χ2n) is 10.9. The van der Waals surface area contributed by atoms with Crippen LogP contribution in [0, 0.1) is 0 Å². The Morgan fingerprint density at radius 3 is 1.68 bits per heavy atom. The maximum absolute atomic E-state index is 11.4. The normalized spacial score (nSPS) is 45.3. The van der Waals surface area contributed by atoms with Crippen LogP contribution in [0.2, 0.25) is 0 Å². The summed E-state index contributed by atoms with van der Waals surface area (Å²) < 4.78 is 27.8. The third-order valence-corrected chi connectivity index (χ3v) is 7.72. The van der Waals surface area contributed by atoms with Gasteiger partial charge in [0, 0.05) is 12.8 Å². The maximum Gasteiger partial charge on any atom is 0.187 e. The third kappa shape index (κ3) is 7.45.